The van der Waals surface area contributed by atoms with Gasteiger partial charge in [-0.25, -0.2) is 0 Å². The Bertz CT molecular complexity index is 702. The first kappa shape index (κ1) is 18.7. The summed E-state index contributed by atoms with van der Waals surface area (Å²) in [7, 11) is 0. The van der Waals surface area contributed by atoms with Crippen molar-refractivity contribution in [3.8, 4) is 0 Å². The Morgan fingerprint density at radius 1 is 0.926 bits per heavy atom. The van der Waals surface area contributed by atoms with Gasteiger partial charge in [-0.1, -0.05) is 74.5 Å². The van der Waals surface area contributed by atoms with Crippen molar-refractivity contribution in [3.05, 3.63) is 71.8 Å². The smallest absolute Gasteiger partial charge is 0.0195 e. The van der Waals surface area contributed by atoms with Gasteiger partial charge in [0.25, 0.3) is 0 Å². The van der Waals surface area contributed by atoms with Crippen LogP contribution in [0.4, 0.5) is 0 Å². The van der Waals surface area contributed by atoms with E-state index in [1.807, 2.05) is 0 Å². The van der Waals surface area contributed by atoms with Gasteiger partial charge in [-0.05, 0) is 74.6 Å². The molecule has 1 aliphatic heterocycles. The second-order valence-electron chi connectivity index (χ2n) is 9.11. The highest BCUT2D eigenvalue weighted by atomic mass is 15.2. The van der Waals surface area contributed by atoms with Gasteiger partial charge in [0, 0.05) is 11.5 Å². The van der Waals surface area contributed by atoms with Crippen LogP contribution in [0, 0.1) is 11.8 Å². The molecule has 1 heterocycles. The molecule has 0 radical (unpaired) electrons. The average Bonchev–Trinajstić information content (AvgIpc) is 3.09. The first-order valence-electron chi connectivity index (χ1n) is 11.0. The Morgan fingerprint density at radius 2 is 1.56 bits per heavy atom. The van der Waals surface area contributed by atoms with E-state index in [2.05, 4.69) is 79.4 Å². The number of hydrogen-bond donors (Lipinski definition) is 0. The fraction of sp³-hybridized carbons (Fsp3) is 0.538. The summed E-state index contributed by atoms with van der Waals surface area (Å²) >= 11 is 0. The standard InChI is InChI=1S/C26H35N/c1-3-26(24-12-8-5-9-13-24)20-23(18-22-10-6-4-7-11-22)19-25(26)27-16-14-21(2)15-17-27/h4-13,21,23,25H,3,14-20H2,1-2H3. The van der Waals surface area contributed by atoms with Gasteiger partial charge in [-0.3, -0.25) is 4.90 Å². The molecule has 2 aromatic rings. The molecule has 2 fully saturated rings. The van der Waals surface area contributed by atoms with Gasteiger partial charge >= 0.3 is 0 Å². The molecule has 1 aliphatic carbocycles. The molecule has 0 bridgehead atoms. The molecule has 3 atom stereocenters. The average molecular weight is 362 g/mol. The molecule has 0 aromatic heterocycles. The third kappa shape index (κ3) is 3.85. The summed E-state index contributed by atoms with van der Waals surface area (Å²) in [6, 6.07) is 23.3. The van der Waals surface area contributed by atoms with Crippen molar-refractivity contribution in [2.45, 2.75) is 63.8 Å². The van der Waals surface area contributed by atoms with Crippen molar-refractivity contribution in [1.82, 2.24) is 4.90 Å². The number of benzene rings is 2. The molecule has 0 N–H and O–H groups in total. The normalized spacial score (nSPS) is 29.9. The third-order valence-electron chi connectivity index (χ3n) is 7.45. The van der Waals surface area contributed by atoms with E-state index in [1.54, 1.807) is 5.56 Å². The van der Waals surface area contributed by atoms with Crippen molar-refractivity contribution in [1.29, 1.82) is 0 Å². The predicted octanol–water partition coefficient (Wildman–Crippen LogP) is 6.09. The van der Waals surface area contributed by atoms with E-state index in [4.69, 9.17) is 0 Å². The van der Waals surface area contributed by atoms with E-state index >= 15 is 0 Å². The number of rotatable bonds is 5. The van der Waals surface area contributed by atoms with Crippen LogP contribution in [-0.4, -0.2) is 24.0 Å². The van der Waals surface area contributed by atoms with E-state index in [1.165, 1.54) is 57.2 Å². The molecule has 2 aromatic carbocycles. The fourth-order valence-electron chi connectivity index (χ4n) is 5.88. The van der Waals surface area contributed by atoms with Crippen molar-refractivity contribution >= 4 is 0 Å². The summed E-state index contributed by atoms with van der Waals surface area (Å²) in [5.74, 6) is 1.69. The van der Waals surface area contributed by atoms with E-state index in [0.29, 0.717) is 11.5 Å². The Kier molecular flexibility index (Phi) is 5.68. The molecule has 0 spiro atoms. The van der Waals surface area contributed by atoms with Crippen LogP contribution >= 0.6 is 0 Å². The summed E-state index contributed by atoms with van der Waals surface area (Å²) in [6.07, 6.45) is 7.91. The van der Waals surface area contributed by atoms with Crippen LogP contribution in [0.5, 0.6) is 0 Å². The molecule has 1 saturated heterocycles. The third-order valence-corrected chi connectivity index (χ3v) is 7.45. The number of likely N-dealkylation sites (tertiary alicyclic amines) is 1. The Balaban J connectivity index is 1.62. The lowest BCUT2D eigenvalue weighted by molar-refractivity contribution is 0.0935. The lowest BCUT2D eigenvalue weighted by Gasteiger charge is -2.44. The van der Waals surface area contributed by atoms with Crippen LogP contribution in [0.1, 0.15) is 57.1 Å². The largest absolute Gasteiger partial charge is 0.299 e. The SMILES string of the molecule is CCC1(c2ccccc2)CC(Cc2ccccc2)CC1N1CCC(C)CC1. The highest BCUT2D eigenvalue weighted by molar-refractivity contribution is 5.31. The van der Waals surface area contributed by atoms with Crippen LogP contribution in [-0.2, 0) is 11.8 Å². The molecule has 27 heavy (non-hydrogen) atoms. The van der Waals surface area contributed by atoms with Crippen molar-refractivity contribution < 1.29 is 0 Å². The minimum Gasteiger partial charge on any atom is -0.299 e. The molecule has 1 nitrogen and oxygen atoms in total. The second kappa shape index (κ2) is 8.19. The van der Waals surface area contributed by atoms with Crippen molar-refractivity contribution in [2.24, 2.45) is 11.8 Å². The summed E-state index contributed by atoms with van der Waals surface area (Å²) in [4.78, 5) is 2.86. The second-order valence-corrected chi connectivity index (χ2v) is 9.11. The molecule has 2 aliphatic rings. The van der Waals surface area contributed by atoms with Crippen LogP contribution < -0.4 is 0 Å². The first-order chi connectivity index (χ1) is 13.2. The molecule has 1 saturated carbocycles. The van der Waals surface area contributed by atoms with Gasteiger partial charge in [-0.2, -0.15) is 0 Å². The van der Waals surface area contributed by atoms with Gasteiger partial charge in [-0.15, -0.1) is 0 Å². The van der Waals surface area contributed by atoms with Crippen LogP contribution in [0.3, 0.4) is 0 Å². The molecule has 144 valence electrons. The van der Waals surface area contributed by atoms with Gasteiger partial charge in [0.05, 0.1) is 0 Å². The maximum atomic E-state index is 2.86. The molecular formula is C26H35N. The van der Waals surface area contributed by atoms with Crippen LogP contribution in [0.2, 0.25) is 0 Å². The monoisotopic (exact) mass is 361 g/mol. The zero-order valence-corrected chi connectivity index (χ0v) is 17.1. The van der Waals surface area contributed by atoms with E-state index in [0.717, 1.165) is 11.8 Å². The number of piperidine rings is 1. The van der Waals surface area contributed by atoms with Gasteiger partial charge < -0.3 is 0 Å². The molecule has 1 heteroatoms. The first-order valence-corrected chi connectivity index (χ1v) is 11.0. The highest BCUT2D eigenvalue weighted by Gasteiger charge is 2.49. The van der Waals surface area contributed by atoms with Gasteiger partial charge in [0.15, 0.2) is 0 Å². The van der Waals surface area contributed by atoms with Gasteiger partial charge in [0.2, 0.25) is 0 Å². The highest BCUT2D eigenvalue weighted by Crippen LogP contribution is 2.50. The number of nitrogens with zero attached hydrogens (tertiary/aromatic N) is 1. The summed E-state index contributed by atoms with van der Waals surface area (Å²) in [6.45, 7) is 7.43. The molecule has 0 amide bonds. The predicted molar refractivity (Wildman–Crippen MR) is 115 cm³/mol. The summed E-state index contributed by atoms with van der Waals surface area (Å²) in [5.41, 5.74) is 3.40. The van der Waals surface area contributed by atoms with E-state index < -0.39 is 0 Å². The maximum absolute atomic E-state index is 2.86. The zero-order valence-electron chi connectivity index (χ0n) is 17.1. The van der Waals surface area contributed by atoms with E-state index in [-0.39, 0.29) is 0 Å². The molecule has 3 unspecified atom stereocenters. The summed E-state index contributed by atoms with van der Waals surface area (Å²) < 4.78 is 0. The minimum absolute atomic E-state index is 0.321. The van der Waals surface area contributed by atoms with E-state index in [9.17, 15) is 0 Å². The lowest BCUT2D eigenvalue weighted by atomic mass is 9.72. The topological polar surface area (TPSA) is 3.24 Å². The maximum Gasteiger partial charge on any atom is 0.0195 e. The number of hydrogen-bond acceptors (Lipinski definition) is 1. The fourth-order valence-corrected chi connectivity index (χ4v) is 5.88. The van der Waals surface area contributed by atoms with Gasteiger partial charge in [0.1, 0.15) is 0 Å². The molecule has 4 rings (SSSR count). The van der Waals surface area contributed by atoms with Crippen LogP contribution in [0.25, 0.3) is 0 Å². The summed E-state index contributed by atoms with van der Waals surface area (Å²) in [5, 5.41) is 0. The minimum atomic E-state index is 0.321. The lowest BCUT2D eigenvalue weighted by Crippen LogP contribution is -2.49. The van der Waals surface area contributed by atoms with Crippen LogP contribution in [0.15, 0.2) is 60.7 Å². The molecular weight excluding hydrogens is 326 g/mol. The Hall–Kier alpha value is -1.60. The Labute approximate surface area is 165 Å². The quantitative estimate of drug-likeness (QED) is 0.623. The zero-order chi connectivity index (χ0) is 18.7. The Morgan fingerprint density at radius 3 is 2.19 bits per heavy atom. The van der Waals surface area contributed by atoms with Crippen molar-refractivity contribution in [2.75, 3.05) is 13.1 Å². The van der Waals surface area contributed by atoms with Crippen molar-refractivity contribution in [3.63, 3.8) is 0 Å².